The summed E-state index contributed by atoms with van der Waals surface area (Å²) in [5.41, 5.74) is 0.693. The third-order valence-corrected chi connectivity index (χ3v) is 7.46. The largest absolute Gasteiger partial charge is 0.497 e. The Labute approximate surface area is 229 Å². The molecule has 0 unspecified atom stereocenters. The van der Waals surface area contributed by atoms with Crippen LogP contribution < -0.4 is 4.74 Å². The number of carboxylic acids is 1. The van der Waals surface area contributed by atoms with Gasteiger partial charge in [-0.2, -0.15) is 13.2 Å². The summed E-state index contributed by atoms with van der Waals surface area (Å²) in [6.45, 7) is 1.05. The molecular formula is C29H28ClF3N2O4. The molecular weight excluding hydrogens is 533 g/mol. The molecule has 2 aromatic carbocycles. The lowest BCUT2D eigenvalue weighted by Gasteiger charge is -2.36. The maximum atomic E-state index is 13.0. The van der Waals surface area contributed by atoms with Gasteiger partial charge in [0.1, 0.15) is 5.75 Å². The van der Waals surface area contributed by atoms with Gasteiger partial charge in [0.25, 0.3) is 0 Å². The van der Waals surface area contributed by atoms with Gasteiger partial charge in [-0.3, -0.25) is 14.7 Å². The van der Waals surface area contributed by atoms with E-state index in [0.717, 1.165) is 23.0 Å². The number of carbonyl (C=O) groups is 1. The Morgan fingerprint density at radius 2 is 2.05 bits per heavy atom. The van der Waals surface area contributed by atoms with Crippen molar-refractivity contribution < 1.29 is 32.9 Å². The second-order valence-corrected chi connectivity index (χ2v) is 10.0. The molecule has 0 aliphatic carbocycles. The number of benzene rings is 2. The zero-order valence-electron chi connectivity index (χ0n) is 21.2. The fourth-order valence-electron chi connectivity index (χ4n) is 4.97. The zero-order chi connectivity index (χ0) is 28.2. The highest BCUT2D eigenvalue weighted by atomic mass is 35.5. The average Bonchev–Trinajstić information content (AvgIpc) is 2.91. The predicted octanol–water partition coefficient (Wildman–Crippen LogP) is 5.80. The predicted molar refractivity (Wildman–Crippen MR) is 141 cm³/mol. The highest BCUT2D eigenvalue weighted by Gasteiger charge is 2.34. The summed E-state index contributed by atoms with van der Waals surface area (Å²) in [6.07, 6.45) is -2.15. The summed E-state index contributed by atoms with van der Waals surface area (Å²) in [5, 5.41) is 21.8. The standard InChI is InChI=1S/C29H28ClF3N2O4/c1-39-21-6-8-26-23(16-21)22(10-12-34-26)27(36)9-4-18-11-14-35(17-24(18)28(37)38)13-2-3-19-15-20(29(31,32)33)5-7-25(19)30/h5-8,10,12,15-16,18,24,27,36H,4,9,11,13-14,17H2,1H3,(H,37,38)/t18-,24+,27-/m1/s1. The molecule has 1 aliphatic heterocycles. The van der Waals surface area contributed by atoms with Gasteiger partial charge in [-0.25, -0.2) is 0 Å². The van der Waals surface area contributed by atoms with Crippen LogP contribution >= 0.6 is 11.6 Å². The molecule has 3 atom stereocenters. The highest BCUT2D eigenvalue weighted by molar-refractivity contribution is 6.31. The number of aliphatic hydroxyl groups is 1. The number of halogens is 4. The molecule has 1 saturated heterocycles. The smallest absolute Gasteiger partial charge is 0.416 e. The number of hydrogen-bond donors (Lipinski definition) is 2. The lowest BCUT2D eigenvalue weighted by molar-refractivity contribution is -0.146. The van der Waals surface area contributed by atoms with Crippen molar-refractivity contribution in [2.24, 2.45) is 11.8 Å². The summed E-state index contributed by atoms with van der Waals surface area (Å²) in [7, 11) is 1.57. The molecule has 0 saturated carbocycles. The number of ether oxygens (including phenoxy) is 1. The van der Waals surface area contributed by atoms with Crippen molar-refractivity contribution in [1.82, 2.24) is 9.88 Å². The van der Waals surface area contributed by atoms with Gasteiger partial charge in [0.15, 0.2) is 0 Å². The van der Waals surface area contributed by atoms with E-state index >= 15 is 0 Å². The normalized spacial score (nSPS) is 18.8. The molecule has 206 valence electrons. The Balaban J connectivity index is 1.39. The topological polar surface area (TPSA) is 82.9 Å². The Hall–Kier alpha value is -3.32. The van der Waals surface area contributed by atoms with Crippen molar-refractivity contribution in [3.8, 4) is 17.6 Å². The quantitative estimate of drug-likeness (QED) is 0.355. The van der Waals surface area contributed by atoms with E-state index in [-0.39, 0.29) is 29.6 Å². The molecule has 6 nitrogen and oxygen atoms in total. The Morgan fingerprint density at radius 3 is 2.77 bits per heavy atom. The van der Waals surface area contributed by atoms with Crippen molar-refractivity contribution in [1.29, 1.82) is 0 Å². The molecule has 39 heavy (non-hydrogen) atoms. The molecule has 1 aromatic heterocycles. The number of carboxylic acid groups (broad SMARTS) is 1. The van der Waals surface area contributed by atoms with E-state index in [1.165, 1.54) is 6.07 Å². The Kier molecular flexibility index (Phi) is 9.01. The van der Waals surface area contributed by atoms with Gasteiger partial charge < -0.3 is 14.9 Å². The lowest BCUT2D eigenvalue weighted by Crippen LogP contribution is -2.44. The van der Waals surface area contributed by atoms with Crippen molar-refractivity contribution >= 4 is 28.5 Å². The van der Waals surface area contributed by atoms with Gasteiger partial charge in [-0.15, -0.1) is 0 Å². The number of alkyl halides is 3. The first kappa shape index (κ1) is 28.7. The second kappa shape index (κ2) is 12.2. The first-order chi connectivity index (χ1) is 18.6. The number of rotatable bonds is 7. The molecule has 1 aliphatic rings. The van der Waals surface area contributed by atoms with Crippen molar-refractivity contribution in [2.45, 2.75) is 31.5 Å². The lowest BCUT2D eigenvalue weighted by atomic mass is 9.81. The summed E-state index contributed by atoms with van der Waals surface area (Å²) in [4.78, 5) is 18.3. The van der Waals surface area contributed by atoms with Gasteiger partial charge >= 0.3 is 12.1 Å². The number of aliphatic carboxylic acids is 1. The Morgan fingerprint density at radius 1 is 1.26 bits per heavy atom. The monoisotopic (exact) mass is 560 g/mol. The van der Waals surface area contributed by atoms with E-state index in [0.29, 0.717) is 37.1 Å². The number of aromatic nitrogens is 1. The number of methoxy groups -OCH3 is 1. The van der Waals surface area contributed by atoms with Gasteiger partial charge in [0.2, 0.25) is 0 Å². The van der Waals surface area contributed by atoms with Gasteiger partial charge in [-0.1, -0.05) is 23.4 Å². The fourth-order valence-corrected chi connectivity index (χ4v) is 5.14. The number of aliphatic hydroxyl groups excluding tert-OH is 1. The van der Waals surface area contributed by atoms with E-state index in [9.17, 15) is 28.2 Å². The Bertz CT molecular complexity index is 1400. The minimum absolute atomic E-state index is 0.0754. The van der Waals surface area contributed by atoms with Crippen LogP contribution in [0.5, 0.6) is 5.75 Å². The molecule has 3 aromatic rings. The first-order valence-corrected chi connectivity index (χ1v) is 12.9. The molecule has 2 N–H and O–H groups in total. The third-order valence-electron chi connectivity index (χ3n) is 7.13. The first-order valence-electron chi connectivity index (χ1n) is 12.5. The maximum absolute atomic E-state index is 13.0. The number of likely N-dealkylation sites (tertiary alicyclic amines) is 1. The van der Waals surface area contributed by atoms with Crippen LogP contribution in [0.4, 0.5) is 13.2 Å². The molecule has 0 spiro atoms. The molecule has 0 bridgehead atoms. The molecule has 4 rings (SSSR count). The van der Waals surface area contributed by atoms with Crippen molar-refractivity contribution in [3.05, 3.63) is 70.4 Å². The number of pyridine rings is 1. The summed E-state index contributed by atoms with van der Waals surface area (Å²) >= 11 is 6.01. The number of piperidine rings is 1. The molecule has 1 fully saturated rings. The summed E-state index contributed by atoms with van der Waals surface area (Å²) < 4.78 is 44.3. The van der Waals surface area contributed by atoms with Gasteiger partial charge in [-0.05, 0) is 79.8 Å². The SMILES string of the molecule is COc1ccc2nccc([C@H](O)CC[C@@H]3CCN(CC#Cc4cc(C(F)(F)F)ccc4Cl)C[C@@H]3C(=O)O)c2c1. The summed E-state index contributed by atoms with van der Waals surface area (Å²) in [5.74, 6) is 4.47. The molecule has 0 radical (unpaired) electrons. The average molecular weight is 561 g/mol. The summed E-state index contributed by atoms with van der Waals surface area (Å²) in [6, 6.07) is 10.2. The van der Waals surface area contributed by atoms with E-state index in [2.05, 4.69) is 16.8 Å². The van der Waals surface area contributed by atoms with Gasteiger partial charge in [0.05, 0.1) is 41.8 Å². The van der Waals surface area contributed by atoms with E-state index in [1.54, 1.807) is 25.4 Å². The van der Waals surface area contributed by atoms with E-state index in [4.69, 9.17) is 16.3 Å². The van der Waals surface area contributed by atoms with Crippen LogP contribution in [0.3, 0.4) is 0 Å². The highest BCUT2D eigenvalue weighted by Crippen LogP contribution is 2.34. The fraction of sp³-hybridized carbons (Fsp3) is 0.379. The van der Waals surface area contributed by atoms with Gasteiger partial charge in [0, 0.05) is 23.7 Å². The minimum Gasteiger partial charge on any atom is -0.497 e. The second-order valence-electron chi connectivity index (χ2n) is 9.60. The molecule has 0 amide bonds. The van der Waals surface area contributed by atoms with E-state index in [1.807, 2.05) is 17.0 Å². The molecule has 2 heterocycles. The van der Waals surface area contributed by atoms with Crippen LogP contribution in [0, 0.1) is 23.7 Å². The zero-order valence-corrected chi connectivity index (χ0v) is 22.0. The van der Waals surface area contributed by atoms with E-state index < -0.39 is 29.7 Å². The van der Waals surface area contributed by atoms with Crippen LogP contribution in [0.2, 0.25) is 5.02 Å². The van der Waals surface area contributed by atoms with Crippen LogP contribution in [0.25, 0.3) is 10.9 Å². The maximum Gasteiger partial charge on any atom is 0.416 e. The number of hydrogen-bond acceptors (Lipinski definition) is 5. The van der Waals surface area contributed by atoms with Crippen LogP contribution in [0.1, 0.15) is 42.1 Å². The van der Waals surface area contributed by atoms with Crippen molar-refractivity contribution in [2.75, 3.05) is 26.7 Å². The van der Waals surface area contributed by atoms with Crippen LogP contribution in [-0.4, -0.2) is 52.8 Å². The number of nitrogens with zero attached hydrogens (tertiary/aromatic N) is 2. The van der Waals surface area contributed by atoms with Crippen LogP contribution in [-0.2, 0) is 11.0 Å². The molecule has 10 heteroatoms. The third kappa shape index (κ3) is 7.01. The number of fused-ring (bicyclic) bond motifs is 1. The van der Waals surface area contributed by atoms with Crippen molar-refractivity contribution in [3.63, 3.8) is 0 Å². The minimum atomic E-state index is -4.50. The van der Waals surface area contributed by atoms with Crippen LogP contribution in [0.15, 0.2) is 48.7 Å².